The van der Waals surface area contributed by atoms with E-state index in [0.29, 0.717) is 5.56 Å². The van der Waals surface area contributed by atoms with Gasteiger partial charge in [0.1, 0.15) is 24.9 Å². The summed E-state index contributed by atoms with van der Waals surface area (Å²) in [5, 5.41) is 1.08. The molecule has 2 aliphatic heterocycles. The van der Waals surface area contributed by atoms with Crippen molar-refractivity contribution in [2.24, 2.45) is 0 Å². The van der Waals surface area contributed by atoms with E-state index in [-0.39, 0.29) is 17.7 Å². The van der Waals surface area contributed by atoms with Gasteiger partial charge in [-0.25, -0.2) is 4.79 Å². The maximum Gasteiger partial charge on any atom is 0.330 e. The van der Waals surface area contributed by atoms with Crippen molar-refractivity contribution in [3.8, 4) is 0 Å². The average Bonchev–Trinajstić information content (AvgIpc) is 3.48. The molecule has 3 heterocycles. The first-order chi connectivity index (χ1) is 22.5. The summed E-state index contributed by atoms with van der Waals surface area (Å²) in [6.45, 7) is 7.01. The number of aromatic amines is 1. The zero-order chi connectivity index (χ0) is 33.5. The van der Waals surface area contributed by atoms with Crippen molar-refractivity contribution in [2.45, 2.75) is 57.0 Å². The first-order valence-corrected chi connectivity index (χ1v) is 17.1. The van der Waals surface area contributed by atoms with Crippen LogP contribution in [-0.4, -0.2) is 72.9 Å². The molecule has 2 amide bonds. The van der Waals surface area contributed by atoms with E-state index in [0.717, 1.165) is 15.4 Å². The molecular formula is C35H37N3O8Si. The zero-order valence-electron chi connectivity index (χ0n) is 26.8. The molecule has 0 saturated carbocycles. The number of aromatic nitrogens is 2. The number of nitrogens with zero attached hydrogens (tertiary/aromatic N) is 2. The van der Waals surface area contributed by atoms with E-state index in [9.17, 15) is 19.2 Å². The highest BCUT2D eigenvalue weighted by Gasteiger charge is 2.64. The second-order valence-electron chi connectivity index (χ2n) is 12.7. The van der Waals surface area contributed by atoms with Gasteiger partial charge in [-0.1, -0.05) is 83.2 Å². The van der Waals surface area contributed by atoms with E-state index in [2.05, 4.69) is 4.98 Å². The van der Waals surface area contributed by atoms with Crippen LogP contribution in [0.2, 0.25) is 0 Å². The topological polar surface area (TPSA) is 129 Å². The Kier molecular flexibility index (Phi) is 8.72. The summed E-state index contributed by atoms with van der Waals surface area (Å²) in [6, 6.07) is 26.0. The van der Waals surface area contributed by atoms with Gasteiger partial charge in [0, 0.05) is 18.9 Å². The third kappa shape index (κ3) is 5.83. The van der Waals surface area contributed by atoms with Gasteiger partial charge >= 0.3 is 5.69 Å². The molecule has 244 valence electrons. The standard InChI is InChI=1S/C35H37N3O8Si/c1-22-20-37(33(42)36-30(22)39)35(47(23-14-8-6-9-15-23)24-16-10-7-11-17-24)29(43-5)28(46-34(2,3)4)27(45-35)21-44-38-31(40)25-18-12-13-19-26(25)32(38)41/h6-20,27-29,47H,21H2,1-5H3,(H,36,39,42)/t27-,28-,29-,35+/m1/s1. The molecular weight excluding hydrogens is 618 g/mol. The molecule has 0 radical (unpaired) electrons. The van der Waals surface area contributed by atoms with Crippen LogP contribution in [0.15, 0.2) is 101 Å². The molecule has 0 spiro atoms. The van der Waals surface area contributed by atoms with Crippen molar-refractivity contribution in [3.63, 3.8) is 0 Å². The molecule has 0 bridgehead atoms. The number of imide groups is 1. The summed E-state index contributed by atoms with van der Waals surface area (Å²) in [6.07, 6.45) is -1.21. The number of hydrogen-bond acceptors (Lipinski definition) is 8. The molecule has 4 aromatic rings. The van der Waals surface area contributed by atoms with Gasteiger partial charge in [-0.05, 0) is 39.8 Å². The number of rotatable bonds is 9. The minimum Gasteiger partial charge on any atom is -0.374 e. The lowest BCUT2D eigenvalue weighted by molar-refractivity contribution is -0.164. The maximum atomic E-state index is 13.9. The van der Waals surface area contributed by atoms with Crippen molar-refractivity contribution >= 4 is 31.0 Å². The number of ether oxygens (including phenoxy) is 3. The van der Waals surface area contributed by atoms with Gasteiger partial charge in [0.2, 0.25) is 0 Å². The number of fused-ring (bicyclic) bond motifs is 1. The Bertz CT molecular complexity index is 1830. The van der Waals surface area contributed by atoms with E-state index >= 15 is 0 Å². The number of aryl methyl sites for hydroxylation is 1. The summed E-state index contributed by atoms with van der Waals surface area (Å²) in [4.78, 5) is 61.4. The highest BCUT2D eigenvalue weighted by atomic mass is 28.3. The Balaban J connectivity index is 1.54. The number of benzene rings is 3. The molecule has 6 rings (SSSR count). The number of H-pyrrole nitrogens is 1. The Morgan fingerprint density at radius 3 is 1.89 bits per heavy atom. The summed E-state index contributed by atoms with van der Waals surface area (Å²) >= 11 is 0. The van der Waals surface area contributed by atoms with Crippen molar-refractivity contribution in [1.29, 1.82) is 0 Å². The molecule has 47 heavy (non-hydrogen) atoms. The molecule has 11 nitrogen and oxygen atoms in total. The van der Waals surface area contributed by atoms with Crippen LogP contribution >= 0.6 is 0 Å². The van der Waals surface area contributed by atoms with Gasteiger partial charge in [-0.2, -0.15) is 0 Å². The van der Waals surface area contributed by atoms with Crippen molar-refractivity contribution in [3.05, 3.63) is 129 Å². The van der Waals surface area contributed by atoms with Crippen LogP contribution in [0.5, 0.6) is 0 Å². The second-order valence-corrected chi connectivity index (χ2v) is 15.7. The second kappa shape index (κ2) is 12.6. The number of carbonyl (C=O) groups is 2. The molecule has 0 aliphatic carbocycles. The molecule has 12 heteroatoms. The van der Waals surface area contributed by atoms with Gasteiger partial charge in [0.15, 0.2) is 14.1 Å². The van der Waals surface area contributed by atoms with E-state index in [1.54, 1.807) is 31.2 Å². The molecule has 1 N–H and O–H groups in total. The monoisotopic (exact) mass is 655 g/mol. The molecule has 4 atom stereocenters. The third-order valence-electron chi connectivity index (χ3n) is 8.46. The number of carbonyl (C=O) groups excluding carboxylic acids is 2. The van der Waals surface area contributed by atoms with Crippen LogP contribution in [0.25, 0.3) is 0 Å². The Hall–Kier alpha value is -4.46. The zero-order valence-corrected chi connectivity index (χ0v) is 28.0. The Labute approximate surface area is 273 Å². The van der Waals surface area contributed by atoms with E-state index in [1.165, 1.54) is 17.9 Å². The van der Waals surface area contributed by atoms with E-state index in [4.69, 9.17) is 19.0 Å². The van der Waals surface area contributed by atoms with Crippen LogP contribution in [0.3, 0.4) is 0 Å². The largest absolute Gasteiger partial charge is 0.374 e. The summed E-state index contributed by atoms with van der Waals surface area (Å²) in [5.41, 5.74) is -1.12. The van der Waals surface area contributed by atoms with Crippen LogP contribution in [0, 0.1) is 6.92 Å². The first kappa shape index (κ1) is 32.5. The van der Waals surface area contributed by atoms with Crippen LogP contribution < -0.4 is 21.6 Å². The lowest BCUT2D eigenvalue weighted by Gasteiger charge is -2.42. The Morgan fingerprint density at radius 2 is 1.38 bits per heavy atom. The summed E-state index contributed by atoms with van der Waals surface area (Å²) < 4.78 is 21.5. The minimum atomic E-state index is -2.76. The normalized spacial score (nSPS) is 22.7. The number of nitrogens with one attached hydrogen (secondary N) is 1. The summed E-state index contributed by atoms with van der Waals surface area (Å²) in [5.74, 6) is -1.17. The van der Waals surface area contributed by atoms with Gasteiger partial charge in [0.05, 0.1) is 16.7 Å². The number of hydroxylamine groups is 2. The molecule has 1 saturated heterocycles. The van der Waals surface area contributed by atoms with Crippen LogP contribution in [0.4, 0.5) is 0 Å². The molecule has 3 aromatic carbocycles. The Morgan fingerprint density at radius 1 is 0.851 bits per heavy atom. The van der Waals surface area contributed by atoms with Crippen LogP contribution in [-0.2, 0) is 24.4 Å². The average molecular weight is 656 g/mol. The molecule has 1 aromatic heterocycles. The first-order valence-electron chi connectivity index (χ1n) is 15.4. The van der Waals surface area contributed by atoms with Gasteiger partial charge < -0.3 is 14.2 Å². The third-order valence-corrected chi connectivity index (χ3v) is 12.1. The fraction of sp³-hybridized carbons (Fsp3) is 0.314. The molecule has 2 aliphatic rings. The van der Waals surface area contributed by atoms with E-state index in [1.807, 2.05) is 81.4 Å². The quantitative estimate of drug-likeness (QED) is 0.214. The van der Waals surface area contributed by atoms with Crippen molar-refractivity contribution in [2.75, 3.05) is 13.7 Å². The van der Waals surface area contributed by atoms with Gasteiger partial charge in [-0.3, -0.25) is 28.8 Å². The SMILES string of the molecule is CO[C@@H]1[C@H](OC(C)(C)C)[C@@H](CON2C(=O)c3ccccc3C2=O)O[C@]1(n1cc(C)c(=O)[nH]c1=O)[SiH](c1ccccc1)c1ccccc1. The molecule has 1 fully saturated rings. The van der Waals surface area contributed by atoms with Crippen molar-refractivity contribution in [1.82, 2.24) is 14.6 Å². The number of methoxy groups -OCH3 is 1. The minimum absolute atomic E-state index is 0.243. The van der Waals surface area contributed by atoms with Gasteiger partial charge in [0.25, 0.3) is 17.4 Å². The lowest BCUT2D eigenvalue weighted by atomic mass is 10.1. The highest BCUT2D eigenvalue weighted by molar-refractivity contribution is 6.86. The highest BCUT2D eigenvalue weighted by Crippen LogP contribution is 2.42. The summed E-state index contributed by atoms with van der Waals surface area (Å²) in [7, 11) is -1.24. The number of amides is 2. The predicted octanol–water partition coefficient (Wildman–Crippen LogP) is 1.90. The predicted molar refractivity (Wildman–Crippen MR) is 177 cm³/mol. The van der Waals surface area contributed by atoms with Gasteiger partial charge in [-0.15, -0.1) is 5.06 Å². The van der Waals surface area contributed by atoms with E-state index < -0.39 is 61.1 Å². The number of hydrogen-bond donors (Lipinski definition) is 1. The fourth-order valence-electron chi connectivity index (χ4n) is 6.57. The van der Waals surface area contributed by atoms with Crippen molar-refractivity contribution < 1.29 is 28.6 Å². The molecule has 0 unspecified atom stereocenters. The fourth-order valence-corrected chi connectivity index (χ4v) is 10.6. The maximum absolute atomic E-state index is 13.9. The lowest BCUT2D eigenvalue weighted by Crippen LogP contribution is -2.69. The van der Waals surface area contributed by atoms with Crippen LogP contribution in [0.1, 0.15) is 47.1 Å². The smallest absolute Gasteiger partial charge is 0.330 e.